The molecule has 0 saturated carbocycles. The van der Waals surface area contributed by atoms with Crippen LogP contribution in [-0.4, -0.2) is 16.5 Å². The van der Waals surface area contributed by atoms with E-state index in [0.29, 0.717) is 0 Å². The van der Waals surface area contributed by atoms with Crippen LogP contribution >= 0.6 is 15.9 Å². The summed E-state index contributed by atoms with van der Waals surface area (Å²) < 4.78 is 0.943. The Bertz CT molecular complexity index is 501. The summed E-state index contributed by atoms with van der Waals surface area (Å²) in [5.41, 5.74) is 2.86. The van der Waals surface area contributed by atoms with E-state index in [9.17, 15) is 0 Å². The first-order valence-corrected chi connectivity index (χ1v) is 6.13. The van der Waals surface area contributed by atoms with Gasteiger partial charge in [0.25, 0.3) is 0 Å². The monoisotopic (exact) mass is 292 g/mol. The maximum atomic E-state index is 4.16. The van der Waals surface area contributed by atoms with Crippen molar-refractivity contribution in [2.75, 3.05) is 17.2 Å². The minimum absolute atomic E-state index is 0.879. The van der Waals surface area contributed by atoms with Gasteiger partial charge < -0.3 is 10.6 Å². The Labute approximate surface area is 109 Å². The molecule has 5 heteroatoms. The molecule has 0 fully saturated rings. The van der Waals surface area contributed by atoms with Crippen molar-refractivity contribution in [3.63, 3.8) is 0 Å². The van der Waals surface area contributed by atoms with Gasteiger partial charge in [0.15, 0.2) is 0 Å². The third kappa shape index (κ3) is 3.42. The molecule has 0 atom stereocenters. The first-order valence-electron chi connectivity index (χ1n) is 5.34. The number of rotatable bonds is 4. The van der Waals surface area contributed by atoms with E-state index in [0.717, 1.165) is 28.1 Å². The fourth-order valence-corrected chi connectivity index (χ4v) is 1.82. The van der Waals surface area contributed by atoms with Gasteiger partial charge in [0.2, 0.25) is 0 Å². The molecular weight excluding hydrogens is 280 g/mol. The zero-order chi connectivity index (χ0) is 12.1. The number of nitrogens with one attached hydrogen (secondary N) is 2. The molecule has 0 aromatic carbocycles. The summed E-state index contributed by atoms with van der Waals surface area (Å²) in [6.45, 7) is 2.93. The molecule has 2 rings (SSSR count). The van der Waals surface area contributed by atoms with Gasteiger partial charge in [0.1, 0.15) is 0 Å². The van der Waals surface area contributed by atoms with E-state index in [2.05, 4.69) is 43.5 Å². The second-order valence-electron chi connectivity index (χ2n) is 3.51. The van der Waals surface area contributed by atoms with Crippen LogP contribution < -0.4 is 10.6 Å². The molecular formula is C12H13BrN4. The molecule has 0 unspecified atom stereocenters. The van der Waals surface area contributed by atoms with Gasteiger partial charge in [-0.2, -0.15) is 0 Å². The molecule has 0 aliphatic rings. The van der Waals surface area contributed by atoms with E-state index in [-0.39, 0.29) is 0 Å². The average Bonchev–Trinajstić information content (AvgIpc) is 2.30. The number of hydrogen-bond acceptors (Lipinski definition) is 4. The number of pyridine rings is 2. The number of halogens is 1. The maximum absolute atomic E-state index is 4.16. The van der Waals surface area contributed by atoms with E-state index < -0.39 is 0 Å². The number of hydrogen-bond donors (Lipinski definition) is 2. The Kier molecular flexibility index (Phi) is 3.93. The summed E-state index contributed by atoms with van der Waals surface area (Å²) in [6, 6.07) is 3.98. The number of anilines is 3. The molecule has 0 saturated heterocycles. The minimum Gasteiger partial charge on any atom is -0.384 e. The molecule has 0 aliphatic carbocycles. The van der Waals surface area contributed by atoms with Crippen LogP contribution in [0.25, 0.3) is 0 Å². The van der Waals surface area contributed by atoms with Crippen molar-refractivity contribution in [1.29, 1.82) is 0 Å². The van der Waals surface area contributed by atoms with E-state index in [1.807, 2.05) is 12.1 Å². The first-order chi connectivity index (χ1) is 8.28. The number of nitrogens with zero attached hydrogens (tertiary/aromatic N) is 2. The van der Waals surface area contributed by atoms with E-state index in [1.165, 1.54) is 0 Å². The zero-order valence-electron chi connectivity index (χ0n) is 9.44. The lowest BCUT2D eigenvalue weighted by Crippen LogP contribution is -1.98. The van der Waals surface area contributed by atoms with Crippen LogP contribution in [0.2, 0.25) is 0 Å². The van der Waals surface area contributed by atoms with Gasteiger partial charge in [-0.05, 0) is 35.0 Å². The predicted molar refractivity (Wildman–Crippen MR) is 73.6 cm³/mol. The SMILES string of the molecule is CCNc1cncc(Nc2cncc(Br)c2)c1. The summed E-state index contributed by atoms with van der Waals surface area (Å²) in [7, 11) is 0. The van der Waals surface area contributed by atoms with Gasteiger partial charge in [0, 0.05) is 17.2 Å². The van der Waals surface area contributed by atoms with Crippen molar-refractivity contribution in [2.24, 2.45) is 0 Å². The summed E-state index contributed by atoms with van der Waals surface area (Å²) in [5.74, 6) is 0. The van der Waals surface area contributed by atoms with E-state index in [1.54, 1.807) is 24.8 Å². The molecule has 2 aromatic rings. The Morgan fingerprint density at radius 3 is 2.35 bits per heavy atom. The lowest BCUT2D eigenvalue weighted by molar-refractivity contribution is 1.19. The minimum atomic E-state index is 0.879. The van der Waals surface area contributed by atoms with Crippen molar-refractivity contribution >= 4 is 33.0 Å². The summed E-state index contributed by atoms with van der Waals surface area (Å²) in [5, 5.41) is 6.47. The third-order valence-electron chi connectivity index (χ3n) is 2.11. The fraction of sp³-hybridized carbons (Fsp3) is 0.167. The lowest BCUT2D eigenvalue weighted by atomic mass is 10.3. The van der Waals surface area contributed by atoms with Gasteiger partial charge in [-0.1, -0.05) is 0 Å². The molecule has 0 aliphatic heterocycles. The lowest BCUT2D eigenvalue weighted by Gasteiger charge is -2.08. The summed E-state index contributed by atoms with van der Waals surface area (Å²) in [6.07, 6.45) is 7.10. The zero-order valence-corrected chi connectivity index (χ0v) is 11.0. The van der Waals surface area contributed by atoms with Crippen LogP contribution in [0.1, 0.15) is 6.92 Å². The van der Waals surface area contributed by atoms with Gasteiger partial charge in [-0.15, -0.1) is 0 Å². The van der Waals surface area contributed by atoms with E-state index >= 15 is 0 Å². The van der Waals surface area contributed by atoms with Crippen molar-refractivity contribution in [3.05, 3.63) is 41.4 Å². The second kappa shape index (κ2) is 5.63. The Morgan fingerprint density at radius 1 is 1.00 bits per heavy atom. The maximum Gasteiger partial charge on any atom is 0.0591 e. The molecule has 4 nitrogen and oxygen atoms in total. The van der Waals surface area contributed by atoms with Crippen LogP contribution in [0.3, 0.4) is 0 Å². The predicted octanol–water partition coefficient (Wildman–Crippen LogP) is 3.41. The highest BCUT2D eigenvalue weighted by Gasteiger charge is 1.98. The van der Waals surface area contributed by atoms with Crippen LogP contribution in [0.4, 0.5) is 17.1 Å². The van der Waals surface area contributed by atoms with Gasteiger partial charge >= 0.3 is 0 Å². The number of aromatic nitrogens is 2. The van der Waals surface area contributed by atoms with Crippen LogP contribution in [0.5, 0.6) is 0 Å². The van der Waals surface area contributed by atoms with Crippen molar-refractivity contribution in [3.8, 4) is 0 Å². The normalized spacial score (nSPS) is 10.0. The molecule has 0 amide bonds. The second-order valence-corrected chi connectivity index (χ2v) is 4.43. The summed E-state index contributed by atoms with van der Waals surface area (Å²) in [4.78, 5) is 8.26. The standard InChI is InChI=1S/C12H13BrN4/c1-2-16-10-4-12(8-15-6-10)17-11-3-9(13)5-14-7-11/h3-8,16-17H,2H2,1H3. The topological polar surface area (TPSA) is 49.8 Å². The van der Waals surface area contributed by atoms with Crippen molar-refractivity contribution < 1.29 is 0 Å². The third-order valence-corrected chi connectivity index (χ3v) is 2.55. The highest BCUT2D eigenvalue weighted by molar-refractivity contribution is 9.10. The van der Waals surface area contributed by atoms with Gasteiger partial charge in [-0.3, -0.25) is 9.97 Å². The molecule has 0 spiro atoms. The first kappa shape index (κ1) is 11.9. The smallest absolute Gasteiger partial charge is 0.0591 e. The highest BCUT2D eigenvalue weighted by Crippen LogP contribution is 2.20. The fourth-order valence-electron chi connectivity index (χ4n) is 1.46. The Balaban J connectivity index is 2.15. The van der Waals surface area contributed by atoms with Crippen LogP contribution in [-0.2, 0) is 0 Å². The largest absolute Gasteiger partial charge is 0.384 e. The van der Waals surface area contributed by atoms with Gasteiger partial charge in [-0.25, -0.2) is 0 Å². The quantitative estimate of drug-likeness (QED) is 0.907. The van der Waals surface area contributed by atoms with Crippen molar-refractivity contribution in [1.82, 2.24) is 9.97 Å². The summed E-state index contributed by atoms with van der Waals surface area (Å²) >= 11 is 3.38. The molecule has 2 heterocycles. The average molecular weight is 293 g/mol. The molecule has 88 valence electrons. The van der Waals surface area contributed by atoms with Crippen LogP contribution in [0.15, 0.2) is 41.4 Å². The van der Waals surface area contributed by atoms with E-state index in [4.69, 9.17) is 0 Å². The molecule has 2 aromatic heterocycles. The van der Waals surface area contributed by atoms with Crippen LogP contribution in [0, 0.1) is 0 Å². The molecule has 0 bridgehead atoms. The van der Waals surface area contributed by atoms with Crippen molar-refractivity contribution in [2.45, 2.75) is 6.92 Å². The molecule has 2 N–H and O–H groups in total. The highest BCUT2D eigenvalue weighted by atomic mass is 79.9. The molecule has 17 heavy (non-hydrogen) atoms. The molecule has 0 radical (unpaired) electrons. The Morgan fingerprint density at radius 2 is 1.65 bits per heavy atom. The van der Waals surface area contributed by atoms with Gasteiger partial charge in [0.05, 0.1) is 35.7 Å². The Hall–Kier alpha value is -1.62.